The van der Waals surface area contributed by atoms with Crippen molar-refractivity contribution in [2.45, 2.75) is 0 Å². The summed E-state index contributed by atoms with van der Waals surface area (Å²) in [7, 11) is 0. The standard InChI is InChI=1S/C20H12FN3O2/c21-10-5-6-12-14(9-23-16(12)7-10)18-17(19(25)24-20(18)26)13-8-22-15-4-2-1-3-11(13)15/h1-9,22-23H,(H,24,25,26). The highest BCUT2D eigenvalue weighted by Crippen LogP contribution is 2.37. The lowest BCUT2D eigenvalue weighted by Gasteiger charge is -2.03. The lowest BCUT2D eigenvalue weighted by Crippen LogP contribution is -2.22. The van der Waals surface area contributed by atoms with Gasteiger partial charge in [-0.1, -0.05) is 18.2 Å². The van der Waals surface area contributed by atoms with Crippen LogP contribution < -0.4 is 5.32 Å². The van der Waals surface area contributed by atoms with Gasteiger partial charge in [0.05, 0.1) is 11.1 Å². The molecule has 4 aromatic rings. The second kappa shape index (κ2) is 5.16. The number of carbonyl (C=O) groups excluding carboxylic acids is 2. The topological polar surface area (TPSA) is 77.8 Å². The Bertz CT molecular complexity index is 1260. The fraction of sp³-hybridized carbons (Fsp3) is 0. The molecular weight excluding hydrogens is 333 g/mol. The molecule has 2 aromatic carbocycles. The maximum atomic E-state index is 13.5. The maximum absolute atomic E-state index is 13.5. The van der Waals surface area contributed by atoms with Crippen LogP contribution in [0.4, 0.5) is 4.39 Å². The summed E-state index contributed by atoms with van der Waals surface area (Å²) in [4.78, 5) is 31.2. The Labute approximate surface area is 146 Å². The Morgan fingerprint density at radius 3 is 2.08 bits per heavy atom. The van der Waals surface area contributed by atoms with Gasteiger partial charge < -0.3 is 9.97 Å². The van der Waals surface area contributed by atoms with E-state index >= 15 is 0 Å². The molecule has 0 spiro atoms. The molecule has 0 atom stereocenters. The monoisotopic (exact) mass is 345 g/mol. The van der Waals surface area contributed by atoms with Crippen molar-refractivity contribution in [2.24, 2.45) is 0 Å². The van der Waals surface area contributed by atoms with E-state index in [1.165, 1.54) is 12.1 Å². The van der Waals surface area contributed by atoms with Gasteiger partial charge in [0.15, 0.2) is 0 Å². The molecule has 126 valence electrons. The second-order valence-electron chi connectivity index (χ2n) is 6.17. The van der Waals surface area contributed by atoms with Crippen LogP contribution in [-0.2, 0) is 9.59 Å². The van der Waals surface area contributed by atoms with Crippen molar-refractivity contribution < 1.29 is 14.0 Å². The van der Waals surface area contributed by atoms with Crippen molar-refractivity contribution in [1.29, 1.82) is 0 Å². The van der Waals surface area contributed by atoms with Crippen LogP contribution in [0.2, 0.25) is 0 Å². The third-order valence-electron chi connectivity index (χ3n) is 4.70. The molecule has 1 aliphatic rings. The molecule has 0 fully saturated rings. The number of hydrogen-bond acceptors (Lipinski definition) is 2. The molecule has 0 saturated carbocycles. The summed E-state index contributed by atoms with van der Waals surface area (Å²) in [6, 6.07) is 11.9. The quantitative estimate of drug-likeness (QED) is 0.487. The highest BCUT2D eigenvalue weighted by molar-refractivity contribution is 6.50. The van der Waals surface area contributed by atoms with Crippen LogP contribution in [0, 0.1) is 5.82 Å². The molecule has 6 heteroatoms. The molecule has 26 heavy (non-hydrogen) atoms. The van der Waals surface area contributed by atoms with E-state index in [4.69, 9.17) is 0 Å². The number of fused-ring (bicyclic) bond motifs is 2. The summed E-state index contributed by atoms with van der Waals surface area (Å²) < 4.78 is 13.5. The summed E-state index contributed by atoms with van der Waals surface area (Å²) in [6.07, 6.45) is 3.36. The summed E-state index contributed by atoms with van der Waals surface area (Å²) in [6.45, 7) is 0. The van der Waals surface area contributed by atoms with Gasteiger partial charge in [0, 0.05) is 45.3 Å². The maximum Gasteiger partial charge on any atom is 0.259 e. The first-order valence-electron chi connectivity index (χ1n) is 8.07. The lowest BCUT2D eigenvalue weighted by atomic mass is 9.95. The third kappa shape index (κ3) is 1.96. The number of imide groups is 1. The molecule has 2 aromatic heterocycles. The fourth-order valence-electron chi connectivity index (χ4n) is 3.55. The second-order valence-corrected chi connectivity index (χ2v) is 6.17. The van der Waals surface area contributed by atoms with E-state index in [-0.39, 0.29) is 11.4 Å². The molecule has 0 aliphatic carbocycles. The van der Waals surface area contributed by atoms with Crippen LogP contribution in [0.3, 0.4) is 0 Å². The largest absolute Gasteiger partial charge is 0.361 e. The Morgan fingerprint density at radius 1 is 0.731 bits per heavy atom. The van der Waals surface area contributed by atoms with Gasteiger partial charge in [-0.2, -0.15) is 0 Å². The number of amides is 2. The van der Waals surface area contributed by atoms with E-state index in [0.717, 1.165) is 10.9 Å². The zero-order valence-electron chi connectivity index (χ0n) is 13.4. The molecule has 0 saturated heterocycles. The average Bonchev–Trinajstić information content (AvgIpc) is 3.29. The normalized spacial score (nSPS) is 14.7. The predicted molar refractivity (Wildman–Crippen MR) is 96.5 cm³/mol. The van der Waals surface area contributed by atoms with Gasteiger partial charge in [0.1, 0.15) is 5.82 Å². The van der Waals surface area contributed by atoms with E-state index in [9.17, 15) is 14.0 Å². The van der Waals surface area contributed by atoms with Gasteiger partial charge in [-0.05, 0) is 24.3 Å². The number of halogens is 1. The number of benzene rings is 2. The van der Waals surface area contributed by atoms with Crippen LogP contribution in [0.25, 0.3) is 33.0 Å². The van der Waals surface area contributed by atoms with Crippen molar-refractivity contribution >= 4 is 44.8 Å². The minimum Gasteiger partial charge on any atom is -0.361 e. The van der Waals surface area contributed by atoms with Gasteiger partial charge >= 0.3 is 0 Å². The van der Waals surface area contributed by atoms with Crippen molar-refractivity contribution in [2.75, 3.05) is 0 Å². The molecular formula is C20H12FN3O2. The first-order valence-corrected chi connectivity index (χ1v) is 8.07. The highest BCUT2D eigenvalue weighted by Gasteiger charge is 2.34. The Kier molecular flexibility index (Phi) is 2.91. The summed E-state index contributed by atoms with van der Waals surface area (Å²) in [5.41, 5.74) is 3.29. The molecule has 3 heterocycles. The van der Waals surface area contributed by atoms with Crippen LogP contribution in [0.15, 0.2) is 54.9 Å². The SMILES string of the molecule is O=C1NC(=O)C(c2c[nH]c3cc(F)ccc23)=C1c1c[nH]c2ccccc12. The minimum atomic E-state index is -0.458. The van der Waals surface area contributed by atoms with Crippen LogP contribution in [-0.4, -0.2) is 21.8 Å². The summed E-state index contributed by atoms with van der Waals surface area (Å²) in [5, 5.41) is 3.92. The van der Waals surface area contributed by atoms with Gasteiger partial charge in [0.2, 0.25) is 0 Å². The van der Waals surface area contributed by atoms with E-state index in [1.54, 1.807) is 18.5 Å². The average molecular weight is 345 g/mol. The molecule has 5 nitrogen and oxygen atoms in total. The van der Waals surface area contributed by atoms with Gasteiger partial charge in [-0.15, -0.1) is 0 Å². The van der Waals surface area contributed by atoms with E-state index in [1.807, 2.05) is 24.3 Å². The number of rotatable bonds is 2. The molecule has 2 amide bonds. The van der Waals surface area contributed by atoms with E-state index in [0.29, 0.717) is 27.6 Å². The van der Waals surface area contributed by atoms with Gasteiger partial charge in [-0.3, -0.25) is 14.9 Å². The van der Waals surface area contributed by atoms with Crippen LogP contribution >= 0.6 is 0 Å². The zero-order valence-corrected chi connectivity index (χ0v) is 13.4. The zero-order chi connectivity index (χ0) is 17.8. The molecule has 5 rings (SSSR count). The van der Waals surface area contributed by atoms with Gasteiger partial charge in [-0.25, -0.2) is 4.39 Å². The van der Waals surface area contributed by atoms with Crippen molar-refractivity contribution in [1.82, 2.24) is 15.3 Å². The predicted octanol–water partition coefficient (Wildman–Crippen LogP) is 3.36. The van der Waals surface area contributed by atoms with Crippen molar-refractivity contribution in [3.05, 3.63) is 71.8 Å². The molecule has 0 radical (unpaired) electrons. The minimum absolute atomic E-state index is 0.289. The van der Waals surface area contributed by atoms with Crippen LogP contribution in [0.5, 0.6) is 0 Å². The summed E-state index contributed by atoms with van der Waals surface area (Å²) >= 11 is 0. The Hall–Kier alpha value is -3.67. The number of carbonyl (C=O) groups is 2. The van der Waals surface area contributed by atoms with Crippen molar-refractivity contribution in [3.8, 4) is 0 Å². The van der Waals surface area contributed by atoms with E-state index < -0.39 is 11.8 Å². The highest BCUT2D eigenvalue weighted by atomic mass is 19.1. The molecule has 3 N–H and O–H groups in total. The van der Waals surface area contributed by atoms with E-state index in [2.05, 4.69) is 15.3 Å². The molecule has 0 unspecified atom stereocenters. The number of aromatic nitrogens is 2. The lowest BCUT2D eigenvalue weighted by molar-refractivity contribution is -0.122. The number of aromatic amines is 2. The van der Waals surface area contributed by atoms with Crippen LogP contribution in [0.1, 0.15) is 11.1 Å². The van der Waals surface area contributed by atoms with Gasteiger partial charge in [0.25, 0.3) is 11.8 Å². The van der Waals surface area contributed by atoms with Crippen molar-refractivity contribution in [3.63, 3.8) is 0 Å². The molecule has 0 bridgehead atoms. The summed E-state index contributed by atoms with van der Waals surface area (Å²) in [5.74, 6) is -1.27. The third-order valence-corrected chi connectivity index (χ3v) is 4.70. The Balaban J connectivity index is 1.83. The first-order chi connectivity index (χ1) is 12.6. The number of hydrogen-bond donors (Lipinski definition) is 3. The fourth-order valence-corrected chi connectivity index (χ4v) is 3.55. The molecule has 1 aliphatic heterocycles. The number of para-hydroxylation sites is 1. The smallest absolute Gasteiger partial charge is 0.259 e. The Morgan fingerprint density at radius 2 is 1.35 bits per heavy atom. The number of nitrogens with one attached hydrogen (secondary N) is 3. The number of H-pyrrole nitrogens is 2. The first kappa shape index (κ1) is 14.7.